The number of benzene rings is 1. The molecular weight excluding hydrogens is 199 g/mol. The van der Waals surface area contributed by atoms with Gasteiger partial charge in [-0.15, -0.1) is 0 Å². The predicted molar refractivity (Wildman–Crippen MR) is 51.7 cm³/mol. The third kappa shape index (κ3) is 1.43. The number of H-pyrrole nitrogens is 1. The zero-order chi connectivity index (χ0) is 10.8. The summed E-state index contributed by atoms with van der Waals surface area (Å²) in [6, 6.07) is 6.59. The molecule has 0 aliphatic heterocycles. The summed E-state index contributed by atoms with van der Waals surface area (Å²) in [5, 5.41) is 3.27. The number of para-hydroxylation sites is 1. The zero-order valence-electron chi connectivity index (χ0n) is 7.44. The van der Waals surface area contributed by atoms with E-state index in [-0.39, 0.29) is 5.56 Å². The number of aromatic nitrogens is 1. The van der Waals surface area contributed by atoms with Crippen molar-refractivity contribution in [2.45, 2.75) is 0 Å². The van der Waals surface area contributed by atoms with Crippen LogP contribution in [0.15, 0.2) is 29.4 Å². The van der Waals surface area contributed by atoms with E-state index in [1.807, 2.05) is 0 Å². The summed E-state index contributed by atoms with van der Waals surface area (Å²) in [4.78, 5) is 16.0. The van der Waals surface area contributed by atoms with Gasteiger partial charge in [-0.3, -0.25) is 4.79 Å². The highest BCUT2D eigenvalue weighted by Gasteiger charge is 2.16. The van der Waals surface area contributed by atoms with Crippen LogP contribution >= 0.6 is 0 Å². The van der Waals surface area contributed by atoms with E-state index in [1.165, 1.54) is 0 Å². The maximum Gasteiger partial charge on any atom is 0.254 e. The molecule has 0 spiro atoms. The molecule has 6 heteroatoms. The SMILES string of the molecule is [N-]=[N+]=NC(=O)c1c(F)[nH]c2ccccc12. The Morgan fingerprint density at radius 1 is 1.47 bits per heavy atom. The Bertz CT molecular complexity index is 583. The molecule has 0 aliphatic carbocycles. The number of aromatic amines is 1. The number of rotatable bonds is 1. The number of carbonyl (C=O) groups is 1. The molecule has 2 aromatic rings. The number of carbonyl (C=O) groups excluding carboxylic acids is 1. The first kappa shape index (κ1) is 9.23. The van der Waals surface area contributed by atoms with E-state index in [0.717, 1.165) is 0 Å². The molecule has 2 rings (SSSR count). The molecular formula is C9H5FN4O. The Hall–Kier alpha value is -2.33. The van der Waals surface area contributed by atoms with Gasteiger partial charge in [0.05, 0.1) is 5.56 Å². The van der Waals surface area contributed by atoms with Gasteiger partial charge in [0.25, 0.3) is 5.91 Å². The predicted octanol–water partition coefficient (Wildman–Crippen LogP) is 2.76. The Kier molecular flexibility index (Phi) is 2.11. The number of halogens is 1. The quantitative estimate of drug-likeness (QED) is 0.432. The van der Waals surface area contributed by atoms with Crippen molar-refractivity contribution in [3.8, 4) is 0 Å². The lowest BCUT2D eigenvalue weighted by Crippen LogP contribution is -1.95. The van der Waals surface area contributed by atoms with Crippen LogP contribution in [0.5, 0.6) is 0 Å². The molecule has 1 N–H and O–H groups in total. The Labute approximate surface area is 83.1 Å². The van der Waals surface area contributed by atoms with Crippen molar-refractivity contribution in [1.82, 2.24) is 4.98 Å². The number of fused-ring (bicyclic) bond motifs is 1. The largest absolute Gasteiger partial charge is 0.331 e. The van der Waals surface area contributed by atoms with Gasteiger partial charge < -0.3 is 4.98 Å². The standard InChI is InChI=1S/C9H5FN4O/c10-8-7(9(15)13-14-11)5-3-1-2-4-6(5)12-8/h1-4,12H. The summed E-state index contributed by atoms with van der Waals surface area (Å²) in [5.41, 5.74) is 8.38. The van der Waals surface area contributed by atoms with Crippen LogP contribution in [0.4, 0.5) is 4.39 Å². The minimum absolute atomic E-state index is 0.219. The fourth-order valence-corrected chi connectivity index (χ4v) is 1.41. The van der Waals surface area contributed by atoms with Crippen LogP contribution in [0.2, 0.25) is 0 Å². The maximum atomic E-state index is 13.3. The van der Waals surface area contributed by atoms with Gasteiger partial charge >= 0.3 is 0 Å². The summed E-state index contributed by atoms with van der Waals surface area (Å²) in [5.74, 6) is -1.71. The van der Waals surface area contributed by atoms with Gasteiger partial charge in [0.2, 0.25) is 5.95 Å². The number of nitrogens with zero attached hydrogens (tertiary/aromatic N) is 3. The van der Waals surface area contributed by atoms with Gasteiger partial charge in [0.1, 0.15) is 0 Å². The van der Waals surface area contributed by atoms with Crippen molar-refractivity contribution >= 4 is 16.8 Å². The third-order valence-corrected chi connectivity index (χ3v) is 2.01. The summed E-state index contributed by atoms with van der Waals surface area (Å²) in [7, 11) is 0. The fraction of sp³-hybridized carbons (Fsp3) is 0. The molecule has 0 unspecified atom stereocenters. The van der Waals surface area contributed by atoms with Crippen LogP contribution in [-0.4, -0.2) is 10.9 Å². The van der Waals surface area contributed by atoms with Gasteiger partial charge in [-0.2, -0.15) is 4.39 Å². The lowest BCUT2D eigenvalue weighted by molar-refractivity contribution is 0.0998. The molecule has 15 heavy (non-hydrogen) atoms. The normalized spacial score (nSPS) is 9.93. The molecule has 5 nitrogen and oxygen atoms in total. The topological polar surface area (TPSA) is 81.6 Å². The average Bonchev–Trinajstić information content (AvgIpc) is 2.54. The number of hydrogen-bond donors (Lipinski definition) is 1. The number of azide groups is 1. The van der Waals surface area contributed by atoms with E-state index in [1.54, 1.807) is 24.3 Å². The average molecular weight is 204 g/mol. The van der Waals surface area contributed by atoms with E-state index in [2.05, 4.69) is 15.0 Å². The summed E-state index contributed by atoms with van der Waals surface area (Å²) in [6.07, 6.45) is 0. The van der Waals surface area contributed by atoms with Crippen LogP contribution in [0.1, 0.15) is 10.4 Å². The smallest absolute Gasteiger partial charge is 0.254 e. The van der Waals surface area contributed by atoms with Crippen molar-refractivity contribution < 1.29 is 9.18 Å². The number of nitrogens with one attached hydrogen (secondary N) is 1. The lowest BCUT2D eigenvalue weighted by Gasteiger charge is -1.90. The molecule has 0 bridgehead atoms. The Morgan fingerprint density at radius 3 is 2.93 bits per heavy atom. The van der Waals surface area contributed by atoms with Gasteiger partial charge in [-0.25, -0.2) is 0 Å². The third-order valence-electron chi connectivity index (χ3n) is 2.01. The second-order valence-electron chi connectivity index (χ2n) is 2.85. The number of hydrogen-bond acceptors (Lipinski definition) is 1. The van der Waals surface area contributed by atoms with Gasteiger partial charge in [-0.1, -0.05) is 18.2 Å². The molecule has 1 aromatic heterocycles. The van der Waals surface area contributed by atoms with E-state index < -0.39 is 11.9 Å². The molecule has 1 amide bonds. The number of amides is 1. The highest BCUT2D eigenvalue weighted by atomic mass is 19.1. The van der Waals surface area contributed by atoms with E-state index >= 15 is 0 Å². The van der Waals surface area contributed by atoms with E-state index in [0.29, 0.717) is 10.9 Å². The Morgan fingerprint density at radius 2 is 2.20 bits per heavy atom. The molecule has 0 saturated carbocycles. The van der Waals surface area contributed by atoms with Crippen LogP contribution < -0.4 is 0 Å². The molecule has 0 atom stereocenters. The zero-order valence-corrected chi connectivity index (χ0v) is 7.44. The minimum atomic E-state index is -0.924. The minimum Gasteiger partial charge on any atom is -0.331 e. The van der Waals surface area contributed by atoms with E-state index in [4.69, 9.17) is 5.53 Å². The summed E-state index contributed by atoms with van der Waals surface area (Å²) in [6.45, 7) is 0. The van der Waals surface area contributed by atoms with Gasteiger partial charge in [0, 0.05) is 15.8 Å². The fourth-order valence-electron chi connectivity index (χ4n) is 1.41. The first-order valence-electron chi connectivity index (χ1n) is 4.09. The van der Waals surface area contributed by atoms with Crippen molar-refractivity contribution in [3.63, 3.8) is 0 Å². The molecule has 1 heterocycles. The van der Waals surface area contributed by atoms with Crippen molar-refractivity contribution in [1.29, 1.82) is 0 Å². The van der Waals surface area contributed by atoms with Crippen molar-refractivity contribution in [2.75, 3.05) is 0 Å². The van der Waals surface area contributed by atoms with Gasteiger partial charge in [-0.05, 0) is 16.7 Å². The first-order chi connectivity index (χ1) is 7.24. The monoisotopic (exact) mass is 204 g/mol. The molecule has 0 radical (unpaired) electrons. The van der Waals surface area contributed by atoms with Crippen molar-refractivity contribution in [3.05, 3.63) is 46.2 Å². The summed E-state index contributed by atoms with van der Waals surface area (Å²) < 4.78 is 13.3. The molecule has 1 aromatic carbocycles. The molecule has 74 valence electrons. The maximum absolute atomic E-state index is 13.3. The highest BCUT2D eigenvalue weighted by Crippen LogP contribution is 2.21. The lowest BCUT2D eigenvalue weighted by atomic mass is 10.1. The summed E-state index contributed by atoms with van der Waals surface area (Å²) >= 11 is 0. The highest BCUT2D eigenvalue weighted by molar-refractivity contribution is 6.07. The molecule has 0 fully saturated rings. The second-order valence-corrected chi connectivity index (χ2v) is 2.85. The Balaban J connectivity index is 2.74. The van der Waals surface area contributed by atoms with Crippen LogP contribution in [0, 0.1) is 5.95 Å². The molecule has 0 aliphatic rings. The van der Waals surface area contributed by atoms with Crippen LogP contribution in [0.25, 0.3) is 21.3 Å². The first-order valence-corrected chi connectivity index (χ1v) is 4.09. The second kappa shape index (κ2) is 3.43. The van der Waals surface area contributed by atoms with E-state index in [9.17, 15) is 9.18 Å². The molecule has 0 saturated heterocycles. The van der Waals surface area contributed by atoms with Crippen LogP contribution in [-0.2, 0) is 0 Å². The van der Waals surface area contributed by atoms with Crippen molar-refractivity contribution in [2.24, 2.45) is 5.11 Å². The van der Waals surface area contributed by atoms with Crippen LogP contribution in [0.3, 0.4) is 0 Å². The van der Waals surface area contributed by atoms with Gasteiger partial charge in [0.15, 0.2) is 0 Å².